The normalized spacial score (nSPS) is 12.4. The second-order valence-corrected chi connectivity index (χ2v) is 6.65. The van der Waals surface area contributed by atoms with Crippen molar-refractivity contribution in [3.63, 3.8) is 0 Å². The molecule has 0 saturated heterocycles. The molecular weight excluding hydrogens is 399 g/mol. The summed E-state index contributed by atoms with van der Waals surface area (Å²) >= 11 is 0. The fourth-order valence-electron chi connectivity index (χ4n) is 2.91. The van der Waals surface area contributed by atoms with Gasteiger partial charge in [0.05, 0.1) is 0 Å². The molecule has 0 spiro atoms. The number of hydrogen-bond acceptors (Lipinski definition) is 5. The second-order valence-electron chi connectivity index (χ2n) is 6.65. The minimum absolute atomic E-state index is 0.0225. The molecule has 3 aromatic rings. The topological polar surface area (TPSA) is 77.2 Å². The number of ether oxygens (including phenoxy) is 1. The van der Waals surface area contributed by atoms with Gasteiger partial charge in [-0.15, -0.1) is 23.4 Å². The molecule has 1 unspecified atom stereocenters. The summed E-state index contributed by atoms with van der Waals surface area (Å²) in [6, 6.07) is 12.6. The number of amides is 1. The molecule has 3 rings (SSSR count). The zero-order valence-electron chi connectivity index (χ0n) is 16.4. The summed E-state index contributed by atoms with van der Waals surface area (Å²) in [4.78, 5) is 11.6. The van der Waals surface area contributed by atoms with Gasteiger partial charge in [0, 0.05) is 18.9 Å². The Bertz CT molecular complexity index is 1000. The van der Waals surface area contributed by atoms with Crippen molar-refractivity contribution in [1.82, 2.24) is 15.5 Å². The van der Waals surface area contributed by atoms with E-state index in [1.807, 2.05) is 24.3 Å². The average Bonchev–Trinajstić information content (AvgIpc) is 3.17. The quantitative estimate of drug-likeness (QED) is 0.605. The maximum absolute atomic E-state index is 12.4. The van der Waals surface area contributed by atoms with Gasteiger partial charge in [-0.05, 0) is 35.7 Å². The van der Waals surface area contributed by atoms with Crippen LogP contribution in [0.1, 0.15) is 36.9 Å². The number of carbonyl (C=O) groups excluding carboxylic acids is 1. The third-order valence-electron chi connectivity index (χ3n) is 4.30. The van der Waals surface area contributed by atoms with Gasteiger partial charge in [-0.3, -0.25) is 4.79 Å². The van der Waals surface area contributed by atoms with Crippen molar-refractivity contribution in [2.75, 3.05) is 0 Å². The first-order chi connectivity index (χ1) is 14.2. The number of aryl methyl sites for hydroxylation is 1. The van der Waals surface area contributed by atoms with Gasteiger partial charge in [-0.2, -0.15) is 0 Å². The third-order valence-corrected chi connectivity index (χ3v) is 4.30. The van der Waals surface area contributed by atoms with Gasteiger partial charge in [0.2, 0.25) is 17.7 Å². The minimum atomic E-state index is -4.80. The SMILES string of the molecule is CCc1ccc(CC(NC(C)=O)c2nnc(-c3cccc(OC(F)(F)F)c3)o2)cc1. The highest BCUT2D eigenvalue weighted by Crippen LogP contribution is 2.28. The van der Waals surface area contributed by atoms with E-state index >= 15 is 0 Å². The molecule has 0 radical (unpaired) electrons. The molecule has 0 bridgehead atoms. The molecule has 1 aromatic heterocycles. The fourth-order valence-corrected chi connectivity index (χ4v) is 2.91. The largest absolute Gasteiger partial charge is 0.573 e. The maximum atomic E-state index is 12.4. The van der Waals surface area contributed by atoms with E-state index in [0.29, 0.717) is 6.42 Å². The van der Waals surface area contributed by atoms with E-state index in [1.54, 1.807) is 0 Å². The van der Waals surface area contributed by atoms with Crippen LogP contribution in [0.2, 0.25) is 0 Å². The first-order valence-corrected chi connectivity index (χ1v) is 9.28. The Morgan fingerprint density at radius 2 is 1.83 bits per heavy atom. The minimum Gasteiger partial charge on any atom is -0.418 e. The van der Waals surface area contributed by atoms with E-state index in [-0.39, 0.29) is 23.3 Å². The lowest BCUT2D eigenvalue weighted by atomic mass is 10.0. The van der Waals surface area contributed by atoms with Crippen molar-refractivity contribution in [2.24, 2.45) is 0 Å². The molecule has 0 saturated carbocycles. The molecule has 1 heterocycles. The van der Waals surface area contributed by atoms with Gasteiger partial charge in [-0.1, -0.05) is 37.3 Å². The third kappa shape index (κ3) is 5.82. The number of benzene rings is 2. The van der Waals surface area contributed by atoms with Crippen LogP contribution >= 0.6 is 0 Å². The van der Waals surface area contributed by atoms with Gasteiger partial charge >= 0.3 is 6.36 Å². The molecule has 1 atom stereocenters. The Kier molecular flexibility index (Phi) is 6.39. The molecule has 1 N–H and O–H groups in total. The van der Waals surface area contributed by atoms with Crippen LogP contribution in [0, 0.1) is 0 Å². The van der Waals surface area contributed by atoms with Crippen molar-refractivity contribution in [2.45, 2.75) is 39.1 Å². The summed E-state index contributed by atoms with van der Waals surface area (Å²) in [5.74, 6) is -0.490. The number of hydrogen-bond donors (Lipinski definition) is 1. The number of nitrogens with one attached hydrogen (secondary N) is 1. The zero-order chi connectivity index (χ0) is 21.7. The number of alkyl halides is 3. The Morgan fingerprint density at radius 1 is 1.13 bits per heavy atom. The van der Waals surface area contributed by atoms with Crippen molar-refractivity contribution < 1.29 is 27.1 Å². The summed E-state index contributed by atoms with van der Waals surface area (Å²) in [5, 5.41) is 10.7. The van der Waals surface area contributed by atoms with E-state index in [9.17, 15) is 18.0 Å². The lowest BCUT2D eigenvalue weighted by molar-refractivity contribution is -0.274. The van der Waals surface area contributed by atoms with Crippen LogP contribution in [-0.2, 0) is 17.6 Å². The Labute approximate surface area is 171 Å². The molecule has 0 aliphatic carbocycles. The first-order valence-electron chi connectivity index (χ1n) is 9.28. The van der Waals surface area contributed by atoms with Crippen molar-refractivity contribution in [1.29, 1.82) is 0 Å². The van der Waals surface area contributed by atoms with Gasteiger partial charge in [0.15, 0.2) is 0 Å². The van der Waals surface area contributed by atoms with E-state index in [4.69, 9.17) is 4.42 Å². The van der Waals surface area contributed by atoms with E-state index in [1.165, 1.54) is 30.7 Å². The highest BCUT2D eigenvalue weighted by Gasteiger charge is 2.31. The molecule has 0 aliphatic rings. The number of halogens is 3. The van der Waals surface area contributed by atoms with Gasteiger partial charge in [0.1, 0.15) is 11.8 Å². The molecular formula is C21H20F3N3O3. The summed E-state index contributed by atoms with van der Waals surface area (Å²) < 4.78 is 46.9. The number of carbonyl (C=O) groups is 1. The molecule has 0 fully saturated rings. The molecule has 9 heteroatoms. The molecule has 1 amide bonds. The predicted molar refractivity (Wildman–Crippen MR) is 102 cm³/mol. The van der Waals surface area contributed by atoms with Gasteiger partial charge < -0.3 is 14.5 Å². The van der Waals surface area contributed by atoms with Crippen molar-refractivity contribution in [3.05, 3.63) is 65.5 Å². The summed E-state index contributed by atoms with van der Waals surface area (Å²) in [6.45, 7) is 3.44. The van der Waals surface area contributed by atoms with Crippen LogP contribution in [0.3, 0.4) is 0 Å². The Hall–Kier alpha value is -3.36. The Morgan fingerprint density at radius 3 is 2.47 bits per heavy atom. The number of aromatic nitrogens is 2. The molecule has 158 valence electrons. The van der Waals surface area contributed by atoms with Crippen LogP contribution < -0.4 is 10.1 Å². The fraction of sp³-hybridized carbons (Fsp3) is 0.286. The van der Waals surface area contributed by atoms with E-state index < -0.39 is 18.2 Å². The van der Waals surface area contributed by atoms with Gasteiger partial charge in [0.25, 0.3) is 0 Å². The molecule has 2 aromatic carbocycles. The van der Waals surface area contributed by atoms with Crippen molar-refractivity contribution in [3.8, 4) is 17.2 Å². The summed E-state index contributed by atoms with van der Waals surface area (Å²) in [7, 11) is 0. The van der Waals surface area contributed by atoms with E-state index in [2.05, 4.69) is 27.2 Å². The number of rotatable bonds is 7. The lowest BCUT2D eigenvalue weighted by Gasteiger charge is -2.14. The number of nitrogens with zero attached hydrogens (tertiary/aromatic N) is 2. The zero-order valence-corrected chi connectivity index (χ0v) is 16.4. The smallest absolute Gasteiger partial charge is 0.418 e. The van der Waals surface area contributed by atoms with E-state index in [0.717, 1.165) is 18.1 Å². The average molecular weight is 419 g/mol. The molecule has 0 aliphatic heterocycles. The monoisotopic (exact) mass is 419 g/mol. The second kappa shape index (κ2) is 8.98. The predicted octanol–water partition coefficient (Wildman–Crippen LogP) is 4.62. The Balaban J connectivity index is 1.83. The standard InChI is InChI=1S/C21H20F3N3O3/c1-3-14-7-9-15(10-8-14)11-18(25-13(2)28)20-27-26-19(29-20)16-5-4-6-17(12-16)30-21(22,23)24/h4-10,12,18H,3,11H2,1-2H3,(H,25,28). The van der Waals surface area contributed by atoms with Crippen LogP contribution in [0.4, 0.5) is 13.2 Å². The maximum Gasteiger partial charge on any atom is 0.573 e. The van der Waals surface area contributed by atoms with Gasteiger partial charge in [-0.25, -0.2) is 0 Å². The lowest BCUT2D eigenvalue weighted by Crippen LogP contribution is -2.28. The van der Waals surface area contributed by atoms with Crippen LogP contribution in [0.15, 0.2) is 52.9 Å². The summed E-state index contributed by atoms with van der Waals surface area (Å²) in [5.41, 5.74) is 2.42. The molecule has 6 nitrogen and oxygen atoms in total. The summed E-state index contributed by atoms with van der Waals surface area (Å²) in [6.07, 6.45) is -3.47. The van der Waals surface area contributed by atoms with Crippen LogP contribution in [0.5, 0.6) is 5.75 Å². The van der Waals surface area contributed by atoms with Crippen LogP contribution in [-0.4, -0.2) is 22.5 Å². The molecule has 30 heavy (non-hydrogen) atoms. The van der Waals surface area contributed by atoms with Crippen molar-refractivity contribution >= 4 is 5.91 Å². The van der Waals surface area contributed by atoms with Crippen LogP contribution in [0.25, 0.3) is 11.5 Å². The first kappa shape index (κ1) is 21.4. The highest BCUT2D eigenvalue weighted by atomic mass is 19.4. The highest BCUT2D eigenvalue weighted by molar-refractivity contribution is 5.73.